The smallest absolute Gasteiger partial charge is 0.205 e. The van der Waals surface area contributed by atoms with Gasteiger partial charge in [-0.15, -0.1) is 0 Å². The number of H-pyrrole nitrogens is 1. The van der Waals surface area contributed by atoms with E-state index in [1.807, 2.05) is 24.3 Å². The number of nitrogens with zero attached hydrogens (tertiary/aromatic N) is 1. The summed E-state index contributed by atoms with van der Waals surface area (Å²) in [5, 5.41) is 3.32. The third-order valence-corrected chi connectivity index (χ3v) is 3.02. The largest absolute Gasteiger partial charge is 0.326 e. The van der Waals surface area contributed by atoms with Gasteiger partial charge in [-0.2, -0.15) is 0 Å². The highest BCUT2D eigenvalue weighted by atomic mass is 15.1. The molecule has 90 valence electrons. The predicted octanol–water partition coefficient (Wildman–Crippen LogP) is 3.92. The lowest BCUT2D eigenvalue weighted by Crippen LogP contribution is -1.95. The van der Waals surface area contributed by atoms with E-state index in [-0.39, 0.29) is 0 Å². The maximum Gasteiger partial charge on any atom is 0.205 e. The zero-order valence-corrected chi connectivity index (χ0v) is 10.5. The minimum absolute atomic E-state index is 0.781. The Bertz CT molecular complexity index is 665. The summed E-state index contributed by atoms with van der Waals surface area (Å²) in [5.74, 6) is 0.781. The summed E-state index contributed by atoms with van der Waals surface area (Å²) >= 11 is 0. The second-order valence-electron chi connectivity index (χ2n) is 4.55. The Hall–Kier alpha value is -2.29. The van der Waals surface area contributed by atoms with Gasteiger partial charge in [0.15, 0.2) is 0 Å². The zero-order valence-electron chi connectivity index (χ0n) is 10.5. The molecule has 0 spiro atoms. The Morgan fingerprint density at radius 2 is 1.89 bits per heavy atom. The van der Waals surface area contributed by atoms with Gasteiger partial charge in [-0.1, -0.05) is 29.8 Å². The minimum Gasteiger partial charge on any atom is -0.326 e. The third kappa shape index (κ3) is 1.95. The second-order valence-corrected chi connectivity index (χ2v) is 4.55. The van der Waals surface area contributed by atoms with E-state index in [2.05, 4.69) is 47.3 Å². The molecule has 0 aliphatic rings. The standard InChI is InChI=1S/C15H15N3/c1-10-7-8-12(11(2)9-10)16-15-17-13-5-3-4-6-14(13)18-15/h3-9H,1-2H3,(H2,16,17,18). The Balaban J connectivity index is 1.96. The van der Waals surface area contributed by atoms with Crippen LogP contribution in [0.15, 0.2) is 42.5 Å². The Morgan fingerprint density at radius 1 is 1.06 bits per heavy atom. The number of nitrogens with one attached hydrogen (secondary N) is 2. The maximum absolute atomic E-state index is 4.50. The number of benzene rings is 2. The van der Waals surface area contributed by atoms with E-state index >= 15 is 0 Å². The molecule has 2 N–H and O–H groups in total. The summed E-state index contributed by atoms with van der Waals surface area (Å²) < 4.78 is 0. The van der Waals surface area contributed by atoms with Gasteiger partial charge in [0, 0.05) is 5.69 Å². The molecule has 0 atom stereocenters. The van der Waals surface area contributed by atoms with Crippen molar-refractivity contribution in [2.24, 2.45) is 0 Å². The Kier molecular flexibility index (Phi) is 2.52. The summed E-state index contributed by atoms with van der Waals surface area (Å²) in [6.07, 6.45) is 0. The molecule has 3 heteroatoms. The molecule has 0 aliphatic carbocycles. The van der Waals surface area contributed by atoms with Crippen LogP contribution in [0, 0.1) is 13.8 Å². The first kappa shape index (κ1) is 10.8. The number of rotatable bonds is 2. The number of imidazole rings is 1. The van der Waals surface area contributed by atoms with Crippen molar-refractivity contribution in [3.63, 3.8) is 0 Å². The van der Waals surface area contributed by atoms with Crippen molar-refractivity contribution in [2.75, 3.05) is 5.32 Å². The van der Waals surface area contributed by atoms with Gasteiger partial charge in [0.1, 0.15) is 0 Å². The molecular formula is C15H15N3. The summed E-state index contributed by atoms with van der Waals surface area (Å²) in [6, 6.07) is 14.3. The quantitative estimate of drug-likeness (QED) is 0.709. The Morgan fingerprint density at radius 3 is 2.67 bits per heavy atom. The molecule has 1 aromatic heterocycles. The monoisotopic (exact) mass is 237 g/mol. The lowest BCUT2D eigenvalue weighted by atomic mass is 10.1. The number of aromatic nitrogens is 2. The van der Waals surface area contributed by atoms with Crippen LogP contribution in [0.25, 0.3) is 11.0 Å². The van der Waals surface area contributed by atoms with E-state index < -0.39 is 0 Å². The highest BCUT2D eigenvalue weighted by molar-refractivity contribution is 5.78. The molecular weight excluding hydrogens is 222 g/mol. The van der Waals surface area contributed by atoms with E-state index in [1.165, 1.54) is 11.1 Å². The number of para-hydroxylation sites is 2. The number of aromatic amines is 1. The zero-order chi connectivity index (χ0) is 12.5. The molecule has 0 amide bonds. The molecule has 0 fully saturated rings. The minimum atomic E-state index is 0.781. The number of aryl methyl sites for hydroxylation is 2. The van der Waals surface area contributed by atoms with Gasteiger partial charge in [-0.25, -0.2) is 4.98 Å². The van der Waals surface area contributed by atoms with Crippen LogP contribution in [0.3, 0.4) is 0 Å². The topological polar surface area (TPSA) is 40.7 Å². The molecule has 2 aromatic carbocycles. The first-order valence-corrected chi connectivity index (χ1v) is 6.01. The average molecular weight is 237 g/mol. The highest BCUT2D eigenvalue weighted by Gasteiger charge is 2.03. The number of fused-ring (bicyclic) bond motifs is 1. The Labute approximate surface area is 106 Å². The number of hydrogen-bond acceptors (Lipinski definition) is 2. The highest BCUT2D eigenvalue weighted by Crippen LogP contribution is 2.21. The molecule has 18 heavy (non-hydrogen) atoms. The SMILES string of the molecule is Cc1ccc(Nc2nc3ccccc3[nH]2)c(C)c1. The lowest BCUT2D eigenvalue weighted by molar-refractivity contribution is 1.28. The van der Waals surface area contributed by atoms with Gasteiger partial charge >= 0.3 is 0 Å². The first-order valence-electron chi connectivity index (χ1n) is 6.01. The maximum atomic E-state index is 4.50. The van der Waals surface area contributed by atoms with E-state index in [9.17, 15) is 0 Å². The summed E-state index contributed by atoms with van der Waals surface area (Å²) in [6.45, 7) is 4.19. The van der Waals surface area contributed by atoms with Crippen LogP contribution in [0.2, 0.25) is 0 Å². The molecule has 1 heterocycles. The fraction of sp³-hybridized carbons (Fsp3) is 0.133. The number of hydrogen-bond donors (Lipinski definition) is 2. The average Bonchev–Trinajstić information content (AvgIpc) is 2.75. The van der Waals surface area contributed by atoms with E-state index in [1.54, 1.807) is 0 Å². The van der Waals surface area contributed by atoms with Crippen molar-refractivity contribution in [3.05, 3.63) is 53.6 Å². The van der Waals surface area contributed by atoms with Crippen molar-refractivity contribution in [1.29, 1.82) is 0 Å². The normalized spacial score (nSPS) is 10.8. The molecule has 0 radical (unpaired) electrons. The molecule has 0 saturated carbocycles. The van der Waals surface area contributed by atoms with Gasteiger partial charge in [0.2, 0.25) is 5.95 Å². The van der Waals surface area contributed by atoms with Gasteiger partial charge in [-0.3, -0.25) is 0 Å². The van der Waals surface area contributed by atoms with Crippen LogP contribution >= 0.6 is 0 Å². The third-order valence-electron chi connectivity index (χ3n) is 3.02. The van der Waals surface area contributed by atoms with Crippen molar-refractivity contribution in [1.82, 2.24) is 9.97 Å². The van der Waals surface area contributed by atoms with E-state index in [0.717, 1.165) is 22.7 Å². The van der Waals surface area contributed by atoms with E-state index in [4.69, 9.17) is 0 Å². The van der Waals surface area contributed by atoms with Crippen LogP contribution < -0.4 is 5.32 Å². The summed E-state index contributed by atoms with van der Waals surface area (Å²) in [5.41, 5.74) is 5.59. The lowest BCUT2D eigenvalue weighted by Gasteiger charge is -2.07. The van der Waals surface area contributed by atoms with Crippen molar-refractivity contribution in [3.8, 4) is 0 Å². The van der Waals surface area contributed by atoms with Gasteiger partial charge in [0.05, 0.1) is 11.0 Å². The molecule has 3 rings (SSSR count). The first-order chi connectivity index (χ1) is 8.72. The van der Waals surface area contributed by atoms with Gasteiger partial charge < -0.3 is 10.3 Å². The van der Waals surface area contributed by atoms with Crippen LogP contribution in [0.1, 0.15) is 11.1 Å². The van der Waals surface area contributed by atoms with Crippen molar-refractivity contribution in [2.45, 2.75) is 13.8 Å². The summed E-state index contributed by atoms with van der Waals surface area (Å²) in [4.78, 5) is 7.77. The predicted molar refractivity (Wildman–Crippen MR) is 75.3 cm³/mol. The molecule has 0 bridgehead atoms. The van der Waals surface area contributed by atoms with Crippen LogP contribution in [-0.2, 0) is 0 Å². The van der Waals surface area contributed by atoms with Crippen LogP contribution in [0.5, 0.6) is 0 Å². The molecule has 3 nitrogen and oxygen atoms in total. The molecule has 3 aromatic rings. The molecule has 0 saturated heterocycles. The number of anilines is 2. The molecule has 0 aliphatic heterocycles. The van der Waals surface area contributed by atoms with Gasteiger partial charge in [-0.05, 0) is 37.6 Å². The summed E-state index contributed by atoms with van der Waals surface area (Å²) in [7, 11) is 0. The fourth-order valence-electron chi connectivity index (χ4n) is 2.09. The van der Waals surface area contributed by atoms with Crippen LogP contribution in [0.4, 0.5) is 11.6 Å². The van der Waals surface area contributed by atoms with Crippen molar-refractivity contribution < 1.29 is 0 Å². The second kappa shape index (κ2) is 4.18. The van der Waals surface area contributed by atoms with E-state index in [0.29, 0.717) is 0 Å². The molecule has 0 unspecified atom stereocenters. The fourth-order valence-corrected chi connectivity index (χ4v) is 2.09. The van der Waals surface area contributed by atoms with Crippen molar-refractivity contribution >= 4 is 22.7 Å². The van der Waals surface area contributed by atoms with Crippen LogP contribution in [-0.4, -0.2) is 9.97 Å². The van der Waals surface area contributed by atoms with Gasteiger partial charge in [0.25, 0.3) is 0 Å².